The summed E-state index contributed by atoms with van der Waals surface area (Å²) < 4.78 is 21.5. The first-order valence-corrected chi connectivity index (χ1v) is 19.5. The van der Waals surface area contributed by atoms with Crippen molar-refractivity contribution in [2.75, 3.05) is 44.8 Å². The molecule has 0 fully saturated rings. The van der Waals surface area contributed by atoms with Gasteiger partial charge in [0.1, 0.15) is 10.7 Å². The second kappa shape index (κ2) is 18.5. The topological polar surface area (TPSA) is 141 Å². The van der Waals surface area contributed by atoms with E-state index in [1.54, 1.807) is 60.7 Å². The van der Waals surface area contributed by atoms with Crippen molar-refractivity contribution in [1.82, 2.24) is 5.32 Å². The van der Waals surface area contributed by atoms with Gasteiger partial charge in [-0.1, -0.05) is 54.6 Å². The Morgan fingerprint density at radius 1 is 0.821 bits per heavy atom. The second-order valence-corrected chi connectivity index (χ2v) is 14.9. The molecule has 5 aromatic rings. The molecular formula is C43H41N3O8S2. The van der Waals surface area contributed by atoms with Gasteiger partial charge in [0, 0.05) is 21.0 Å². The number of hydrogen-bond acceptors (Lipinski definition) is 10. The average Bonchev–Trinajstić information content (AvgIpc) is 3.59. The summed E-state index contributed by atoms with van der Waals surface area (Å²) in [6.45, 7) is 0. The summed E-state index contributed by atoms with van der Waals surface area (Å²) in [5.74, 6) is -0.312. The van der Waals surface area contributed by atoms with E-state index < -0.39 is 17.8 Å². The lowest BCUT2D eigenvalue weighted by Gasteiger charge is -2.22. The number of anilines is 2. The van der Waals surface area contributed by atoms with E-state index >= 15 is 0 Å². The van der Waals surface area contributed by atoms with E-state index in [9.17, 15) is 19.2 Å². The molecule has 3 N–H and O–H groups in total. The predicted molar refractivity (Wildman–Crippen MR) is 219 cm³/mol. The summed E-state index contributed by atoms with van der Waals surface area (Å²) in [4.78, 5) is 55.0. The van der Waals surface area contributed by atoms with Crippen molar-refractivity contribution in [2.45, 2.75) is 30.1 Å². The van der Waals surface area contributed by atoms with E-state index in [4.69, 9.17) is 18.9 Å². The maximum absolute atomic E-state index is 13.8. The van der Waals surface area contributed by atoms with Crippen LogP contribution in [0.1, 0.15) is 54.6 Å². The molecule has 11 nitrogen and oxygen atoms in total. The monoisotopic (exact) mass is 791 g/mol. The van der Waals surface area contributed by atoms with Gasteiger partial charge in [0.2, 0.25) is 11.7 Å². The van der Waals surface area contributed by atoms with Gasteiger partial charge in [0.05, 0.1) is 39.8 Å². The number of ether oxygens (including phenoxy) is 4. The molecule has 6 rings (SSSR count). The standard InChI is InChI=1S/C43H41N3O8S2/c1-51-34-21-26(22-35(52-2)39(34)53-3)20-33(45-40(48)28-14-9-6-10-15-28)41(49)44-30-16-11-17-31(24-30)55-25-37(47)46-42-38(43(50)54-4)32-19-18-29(23-36(32)56-42)27-12-7-5-8-13-27/h5-17,20-22,24,29H,18-19,23,25H2,1-4H3,(H,44,49)(H,45,48)(H,46,47)/b33-20+. The first kappa shape index (κ1) is 39.6. The van der Waals surface area contributed by atoms with Crippen LogP contribution in [0.3, 0.4) is 0 Å². The number of thiophene rings is 1. The highest BCUT2D eigenvalue weighted by molar-refractivity contribution is 8.00. The predicted octanol–water partition coefficient (Wildman–Crippen LogP) is 7.97. The molecule has 1 aliphatic carbocycles. The number of methoxy groups -OCH3 is 4. The molecule has 1 atom stereocenters. The summed E-state index contributed by atoms with van der Waals surface area (Å²) in [7, 11) is 5.81. The van der Waals surface area contributed by atoms with Crippen LogP contribution in [0.4, 0.5) is 10.7 Å². The van der Waals surface area contributed by atoms with Crippen LogP contribution < -0.4 is 30.2 Å². The smallest absolute Gasteiger partial charge is 0.341 e. The van der Waals surface area contributed by atoms with Gasteiger partial charge in [0.15, 0.2) is 11.5 Å². The van der Waals surface area contributed by atoms with Crippen molar-refractivity contribution in [3.05, 3.63) is 135 Å². The summed E-state index contributed by atoms with van der Waals surface area (Å²) in [5.41, 5.74) is 3.90. The molecule has 3 amide bonds. The third-order valence-corrected chi connectivity index (χ3v) is 11.3. The van der Waals surface area contributed by atoms with Crippen LogP contribution in [0.15, 0.2) is 108 Å². The fourth-order valence-electron chi connectivity index (χ4n) is 6.47. The van der Waals surface area contributed by atoms with Gasteiger partial charge in [0.25, 0.3) is 11.8 Å². The van der Waals surface area contributed by atoms with E-state index in [2.05, 4.69) is 28.1 Å². The first-order chi connectivity index (χ1) is 27.2. The Labute approximate surface area is 333 Å². The Balaban J connectivity index is 1.16. The summed E-state index contributed by atoms with van der Waals surface area (Å²) in [5, 5.41) is 9.05. The Morgan fingerprint density at radius 3 is 2.18 bits per heavy atom. The molecule has 0 aliphatic heterocycles. The van der Waals surface area contributed by atoms with Gasteiger partial charge in [-0.05, 0) is 90.4 Å². The molecule has 1 unspecified atom stereocenters. The van der Waals surface area contributed by atoms with Crippen molar-refractivity contribution in [1.29, 1.82) is 0 Å². The molecule has 1 aromatic heterocycles. The van der Waals surface area contributed by atoms with Crippen molar-refractivity contribution in [3.63, 3.8) is 0 Å². The molecule has 288 valence electrons. The van der Waals surface area contributed by atoms with Crippen molar-refractivity contribution in [3.8, 4) is 17.2 Å². The molecule has 56 heavy (non-hydrogen) atoms. The highest BCUT2D eigenvalue weighted by atomic mass is 32.2. The number of benzene rings is 4. The number of thioether (sulfide) groups is 1. The normalized spacial score (nSPS) is 13.5. The highest BCUT2D eigenvalue weighted by Crippen LogP contribution is 2.43. The number of carbonyl (C=O) groups excluding carboxylic acids is 4. The quantitative estimate of drug-likeness (QED) is 0.0580. The molecule has 1 aliphatic rings. The van der Waals surface area contributed by atoms with Gasteiger partial charge < -0.3 is 34.9 Å². The number of rotatable bonds is 14. The minimum Gasteiger partial charge on any atom is -0.493 e. The third kappa shape index (κ3) is 9.42. The lowest BCUT2D eigenvalue weighted by molar-refractivity contribution is -0.114. The van der Waals surface area contributed by atoms with Crippen molar-refractivity contribution < 1.29 is 38.1 Å². The van der Waals surface area contributed by atoms with Gasteiger partial charge in [-0.3, -0.25) is 14.4 Å². The van der Waals surface area contributed by atoms with Crippen LogP contribution in [0.25, 0.3) is 6.08 Å². The Hall–Kier alpha value is -6.05. The van der Waals surface area contributed by atoms with Crippen LogP contribution >= 0.6 is 23.1 Å². The van der Waals surface area contributed by atoms with Crippen LogP contribution in [0.5, 0.6) is 17.2 Å². The van der Waals surface area contributed by atoms with Crippen LogP contribution in [-0.2, 0) is 27.2 Å². The van der Waals surface area contributed by atoms with Crippen molar-refractivity contribution in [2.24, 2.45) is 0 Å². The molecule has 0 saturated carbocycles. The van der Waals surface area contributed by atoms with E-state index in [1.165, 1.54) is 63.2 Å². The molecule has 0 spiro atoms. The number of amides is 3. The molecular weight excluding hydrogens is 751 g/mol. The Morgan fingerprint density at radius 2 is 1.52 bits per heavy atom. The fourth-order valence-corrected chi connectivity index (χ4v) is 8.56. The third-order valence-electron chi connectivity index (χ3n) is 9.17. The summed E-state index contributed by atoms with van der Waals surface area (Å²) >= 11 is 2.70. The summed E-state index contributed by atoms with van der Waals surface area (Å²) in [6, 6.07) is 29.2. The molecule has 0 saturated heterocycles. The Bertz CT molecular complexity index is 2230. The van der Waals surface area contributed by atoms with Crippen LogP contribution in [0, 0.1) is 0 Å². The lowest BCUT2D eigenvalue weighted by Crippen LogP contribution is -2.30. The van der Waals surface area contributed by atoms with E-state index in [0.29, 0.717) is 61.9 Å². The van der Waals surface area contributed by atoms with E-state index in [0.717, 1.165) is 23.3 Å². The Kier molecular flexibility index (Phi) is 13.1. The van der Waals surface area contributed by atoms with Crippen molar-refractivity contribution >= 4 is 63.6 Å². The van der Waals surface area contributed by atoms with Gasteiger partial charge in [-0.25, -0.2) is 4.79 Å². The first-order valence-electron chi connectivity index (χ1n) is 17.7. The number of esters is 1. The largest absolute Gasteiger partial charge is 0.493 e. The maximum Gasteiger partial charge on any atom is 0.341 e. The van der Waals surface area contributed by atoms with Crippen LogP contribution in [0.2, 0.25) is 0 Å². The van der Waals surface area contributed by atoms with E-state index in [-0.39, 0.29) is 17.4 Å². The SMILES string of the molecule is COC(=O)c1c(NC(=O)CSc2cccc(NC(=O)/C(=C\c3cc(OC)c(OC)c(OC)c3)NC(=O)c3ccccc3)c2)sc2c1CCC(c1ccccc1)C2. The zero-order chi connectivity index (χ0) is 39.6. The number of hydrogen-bond donors (Lipinski definition) is 3. The minimum absolute atomic E-state index is 0.0410. The van der Waals surface area contributed by atoms with Gasteiger partial charge in [-0.2, -0.15) is 0 Å². The number of fused-ring (bicyclic) bond motifs is 1. The van der Waals surface area contributed by atoms with Gasteiger partial charge >= 0.3 is 5.97 Å². The molecule has 0 bridgehead atoms. The molecule has 4 aromatic carbocycles. The molecule has 0 radical (unpaired) electrons. The molecule has 13 heteroatoms. The van der Waals surface area contributed by atoms with Gasteiger partial charge in [-0.15, -0.1) is 23.1 Å². The zero-order valence-corrected chi connectivity index (χ0v) is 32.9. The minimum atomic E-state index is -0.588. The average molecular weight is 792 g/mol. The number of nitrogens with one attached hydrogen (secondary N) is 3. The highest BCUT2D eigenvalue weighted by Gasteiger charge is 2.31. The second-order valence-electron chi connectivity index (χ2n) is 12.7. The lowest BCUT2D eigenvalue weighted by atomic mass is 9.83. The molecule has 1 heterocycles. The number of carbonyl (C=O) groups is 4. The maximum atomic E-state index is 13.8. The van der Waals surface area contributed by atoms with Crippen LogP contribution in [-0.4, -0.2) is 57.9 Å². The zero-order valence-electron chi connectivity index (χ0n) is 31.3. The summed E-state index contributed by atoms with van der Waals surface area (Å²) in [6.07, 6.45) is 3.91. The fraction of sp³-hybridized carbons (Fsp3) is 0.209. The van der Waals surface area contributed by atoms with E-state index in [1.807, 2.05) is 24.3 Å².